The minimum absolute atomic E-state index is 0.747. The summed E-state index contributed by atoms with van der Waals surface area (Å²) in [6, 6.07) is 2.00. The van der Waals surface area contributed by atoms with Gasteiger partial charge in [0.2, 0.25) is 0 Å². The van der Waals surface area contributed by atoms with Gasteiger partial charge in [0, 0.05) is 11.0 Å². The predicted molar refractivity (Wildman–Crippen MR) is 71.2 cm³/mol. The van der Waals surface area contributed by atoms with Crippen molar-refractivity contribution in [3.8, 4) is 0 Å². The molecule has 0 fully saturated rings. The zero-order valence-electron chi connectivity index (χ0n) is 8.40. The van der Waals surface area contributed by atoms with Gasteiger partial charge in [-0.1, -0.05) is 22.9 Å². The normalized spacial score (nSPS) is 10.9. The molecule has 2 nitrogen and oxygen atoms in total. The highest BCUT2D eigenvalue weighted by Gasteiger charge is 2.12. The van der Waals surface area contributed by atoms with Crippen molar-refractivity contribution >= 4 is 54.2 Å². The molecule has 0 atom stereocenters. The van der Waals surface area contributed by atoms with Crippen LogP contribution in [-0.4, -0.2) is 11.5 Å². The van der Waals surface area contributed by atoms with E-state index in [1.165, 1.54) is 0 Å². The Morgan fingerprint density at radius 3 is 3.00 bits per heavy atom. The lowest BCUT2D eigenvalue weighted by Gasteiger charge is -1.99. The number of thiazole rings is 1. The highest BCUT2D eigenvalue weighted by Crippen LogP contribution is 2.38. The molecule has 0 amide bonds. The average Bonchev–Trinajstić information content (AvgIpc) is 2.60. The molecule has 0 radical (unpaired) electrons. The first-order valence-corrected chi connectivity index (χ1v) is 6.61. The third kappa shape index (κ3) is 1.98. The fourth-order valence-electron chi connectivity index (χ4n) is 1.39. The van der Waals surface area contributed by atoms with Gasteiger partial charge in [0.05, 0.1) is 15.2 Å². The number of hydrogen-bond donors (Lipinski definition) is 1. The third-order valence-electron chi connectivity index (χ3n) is 2.08. The Labute approximate surface area is 106 Å². The van der Waals surface area contributed by atoms with E-state index in [9.17, 15) is 0 Å². The summed E-state index contributed by atoms with van der Waals surface area (Å²) in [6.07, 6.45) is 0. The third-order valence-corrected chi connectivity index (χ3v) is 4.47. The second-order valence-corrected chi connectivity index (χ2v) is 5.45. The van der Waals surface area contributed by atoms with E-state index in [1.54, 1.807) is 11.3 Å². The summed E-state index contributed by atoms with van der Waals surface area (Å²) in [5, 5.41) is 4.88. The van der Waals surface area contributed by atoms with Gasteiger partial charge in [0.25, 0.3) is 0 Å². The molecule has 5 heteroatoms. The zero-order valence-corrected chi connectivity index (χ0v) is 11.6. The molecular weight excluding hydrogens is 296 g/mol. The summed E-state index contributed by atoms with van der Waals surface area (Å²) in [5.41, 5.74) is 2.13. The Morgan fingerprint density at radius 1 is 1.60 bits per heavy atom. The number of nitrogens with zero attached hydrogens (tertiary/aromatic N) is 1. The maximum Gasteiger partial charge on any atom is 0.183 e. The number of nitrogens with one attached hydrogen (secondary N) is 1. The molecule has 0 aliphatic heterocycles. The van der Waals surface area contributed by atoms with Crippen LogP contribution in [0.1, 0.15) is 12.5 Å². The molecule has 0 unspecified atom stereocenters. The SMILES string of the molecule is CCNc1nc2c(C)cc(Br)c(Cl)c2s1. The van der Waals surface area contributed by atoms with Gasteiger partial charge in [-0.05, 0) is 41.4 Å². The lowest BCUT2D eigenvalue weighted by molar-refractivity contribution is 1.20. The van der Waals surface area contributed by atoms with E-state index in [4.69, 9.17) is 11.6 Å². The zero-order chi connectivity index (χ0) is 11.0. The van der Waals surface area contributed by atoms with Crippen LogP contribution in [0.25, 0.3) is 10.2 Å². The molecule has 1 aromatic carbocycles. The molecule has 2 rings (SSSR count). The quantitative estimate of drug-likeness (QED) is 0.886. The average molecular weight is 306 g/mol. The molecule has 80 valence electrons. The Hall–Kier alpha value is -0.320. The number of aryl methyl sites for hydroxylation is 1. The standard InChI is InChI=1S/C10H10BrClN2S/c1-3-13-10-14-8-5(2)4-6(11)7(12)9(8)15-10/h4H,3H2,1-2H3,(H,13,14). The van der Waals surface area contributed by atoms with Crippen molar-refractivity contribution in [2.45, 2.75) is 13.8 Å². The van der Waals surface area contributed by atoms with Crippen LogP contribution < -0.4 is 5.32 Å². The first kappa shape index (κ1) is 11.2. The Kier molecular flexibility index (Phi) is 3.19. The van der Waals surface area contributed by atoms with Crippen LogP contribution in [0.3, 0.4) is 0 Å². The largest absolute Gasteiger partial charge is 0.362 e. The molecule has 0 spiro atoms. The monoisotopic (exact) mass is 304 g/mol. The minimum Gasteiger partial charge on any atom is -0.362 e. The van der Waals surface area contributed by atoms with Crippen molar-refractivity contribution in [1.29, 1.82) is 0 Å². The van der Waals surface area contributed by atoms with E-state index < -0.39 is 0 Å². The van der Waals surface area contributed by atoms with E-state index in [0.717, 1.165) is 37.0 Å². The second kappa shape index (κ2) is 4.28. The minimum atomic E-state index is 0.747. The van der Waals surface area contributed by atoms with Crippen LogP contribution in [0.5, 0.6) is 0 Å². The molecule has 2 aromatic rings. The van der Waals surface area contributed by atoms with Crippen LogP contribution in [0, 0.1) is 6.92 Å². The van der Waals surface area contributed by atoms with E-state index >= 15 is 0 Å². The lowest BCUT2D eigenvalue weighted by atomic mass is 10.2. The fourth-order valence-corrected chi connectivity index (χ4v) is 3.38. The molecule has 0 aliphatic rings. The van der Waals surface area contributed by atoms with Crippen molar-refractivity contribution in [3.63, 3.8) is 0 Å². The molecule has 1 heterocycles. The molecule has 15 heavy (non-hydrogen) atoms. The van der Waals surface area contributed by atoms with E-state index in [-0.39, 0.29) is 0 Å². The van der Waals surface area contributed by atoms with Crippen LogP contribution in [0.15, 0.2) is 10.5 Å². The van der Waals surface area contributed by atoms with Crippen LogP contribution in [0.4, 0.5) is 5.13 Å². The number of benzene rings is 1. The summed E-state index contributed by atoms with van der Waals surface area (Å²) in [4.78, 5) is 4.51. The Morgan fingerprint density at radius 2 is 2.33 bits per heavy atom. The van der Waals surface area contributed by atoms with Crippen LogP contribution >= 0.6 is 38.9 Å². The number of aromatic nitrogens is 1. The lowest BCUT2D eigenvalue weighted by Crippen LogP contribution is -1.94. The molecule has 0 saturated carbocycles. The Bertz CT molecular complexity index is 510. The summed E-state index contributed by atoms with van der Waals surface area (Å²) < 4.78 is 1.97. The number of halogens is 2. The Balaban J connectivity index is 2.68. The van der Waals surface area contributed by atoms with Crippen molar-refractivity contribution in [1.82, 2.24) is 4.98 Å². The second-order valence-electron chi connectivity index (χ2n) is 3.22. The number of rotatable bonds is 2. The maximum atomic E-state index is 6.21. The van der Waals surface area contributed by atoms with E-state index in [0.29, 0.717) is 0 Å². The van der Waals surface area contributed by atoms with E-state index in [1.807, 2.05) is 13.0 Å². The van der Waals surface area contributed by atoms with Crippen molar-refractivity contribution in [2.24, 2.45) is 0 Å². The van der Waals surface area contributed by atoms with Gasteiger partial charge in [0.1, 0.15) is 0 Å². The summed E-state index contributed by atoms with van der Waals surface area (Å²) >= 11 is 11.2. The molecule has 0 saturated heterocycles. The van der Waals surface area contributed by atoms with Crippen LogP contribution in [-0.2, 0) is 0 Å². The molecular formula is C10H10BrClN2S. The maximum absolute atomic E-state index is 6.21. The van der Waals surface area contributed by atoms with Gasteiger partial charge in [-0.2, -0.15) is 0 Å². The fraction of sp³-hybridized carbons (Fsp3) is 0.300. The van der Waals surface area contributed by atoms with Crippen molar-refractivity contribution < 1.29 is 0 Å². The van der Waals surface area contributed by atoms with Gasteiger partial charge in [-0.3, -0.25) is 0 Å². The molecule has 0 aliphatic carbocycles. The molecule has 1 aromatic heterocycles. The van der Waals surface area contributed by atoms with Gasteiger partial charge in [-0.15, -0.1) is 0 Å². The number of anilines is 1. The van der Waals surface area contributed by atoms with Crippen LogP contribution in [0.2, 0.25) is 5.02 Å². The highest BCUT2D eigenvalue weighted by atomic mass is 79.9. The smallest absolute Gasteiger partial charge is 0.183 e. The predicted octanol–water partition coefficient (Wildman–Crippen LogP) is 4.45. The number of hydrogen-bond acceptors (Lipinski definition) is 3. The first-order valence-electron chi connectivity index (χ1n) is 4.62. The topological polar surface area (TPSA) is 24.9 Å². The molecule has 0 bridgehead atoms. The number of fused-ring (bicyclic) bond motifs is 1. The summed E-state index contributed by atoms with van der Waals surface area (Å²) in [5.74, 6) is 0. The summed E-state index contributed by atoms with van der Waals surface area (Å²) in [7, 11) is 0. The van der Waals surface area contributed by atoms with Crippen molar-refractivity contribution in [3.05, 3.63) is 21.1 Å². The van der Waals surface area contributed by atoms with Gasteiger partial charge in [0.15, 0.2) is 5.13 Å². The van der Waals surface area contributed by atoms with Gasteiger partial charge < -0.3 is 5.32 Å². The molecule has 1 N–H and O–H groups in total. The van der Waals surface area contributed by atoms with Gasteiger partial charge >= 0.3 is 0 Å². The highest BCUT2D eigenvalue weighted by molar-refractivity contribution is 9.10. The van der Waals surface area contributed by atoms with Crippen molar-refractivity contribution in [2.75, 3.05) is 11.9 Å². The van der Waals surface area contributed by atoms with E-state index in [2.05, 4.69) is 33.2 Å². The summed E-state index contributed by atoms with van der Waals surface area (Å²) in [6.45, 7) is 4.97. The first-order chi connectivity index (χ1) is 7.13. The van der Waals surface area contributed by atoms with Gasteiger partial charge in [-0.25, -0.2) is 4.98 Å².